The summed E-state index contributed by atoms with van der Waals surface area (Å²) >= 11 is 13.4. The van der Waals surface area contributed by atoms with Crippen molar-refractivity contribution in [3.05, 3.63) is 63.5 Å². The molecule has 2 heterocycles. The van der Waals surface area contributed by atoms with Gasteiger partial charge in [0.15, 0.2) is 5.13 Å². The zero-order chi connectivity index (χ0) is 22.0. The minimum atomic E-state index is -3.76. The minimum Gasteiger partial charge on any atom is -0.298 e. The molecule has 0 atom stereocenters. The number of hydrogen-bond acceptors (Lipinski definition) is 5. The molecular formula is C21H19Cl2N3O3S2. The fraction of sp³-hybridized carbons (Fsp3) is 0.238. The summed E-state index contributed by atoms with van der Waals surface area (Å²) in [4.78, 5) is 17.1. The van der Waals surface area contributed by atoms with Gasteiger partial charge in [-0.15, -0.1) is 11.3 Å². The van der Waals surface area contributed by atoms with Gasteiger partial charge in [0.1, 0.15) is 4.90 Å². The number of anilines is 1. The lowest BCUT2D eigenvalue weighted by Gasteiger charge is -2.26. The number of nitrogens with one attached hydrogen (secondary N) is 1. The fourth-order valence-electron chi connectivity index (χ4n) is 3.34. The van der Waals surface area contributed by atoms with Gasteiger partial charge < -0.3 is 0 Å². The van der Waals surface area contributed by atoms with Gasteiger partial charge in [0, 0.05) is 34.6 Å². The number of rotatable bonds is 5. The molecule has 4 rings (SSSR count). The van der Waals surface area contributed by atoms with E-state index in [9.17, 15) is 13.2 Å². The van der Waals surface area contributed by atoms with Crippen molar-refractivity contribution in [3.8, 4) is 11.3 Å². The van der Waals surface area contributed by atoms with Gasteiger partial charge in [-0.1, -0.05) is 41.8 Å². The van der Waals surface area contributed by atoms with Gasteiger partial charge >= 0.3 is 0 Å². The monoisotopic (exact) mass is 495 g/mol. The van der Waals surface area contributed by atoms with E-state index in [2.05, 4.69) is 10.3 Å². The van der Waals surface area contributed by atoms with Crippen LogP contribution in [0.3, 0.4) is 0 Å². The lowest BCUT2D eigenvalue weighted by atomic mass is 10.2. The average Bonchev–Trinajstić information content (AvgIpc) is 3.23. The van der Waals surface area contributed by atoms with Gasteiger partial charge in [0.2, 0.25) is 10.0 Å². The van der Waals surface area contributed by atoms with Crippen LogP contribution in [0.5, 0.6) is 0 Å². The number of carbonyl (C=O) groups excluding carboxylic acids is 1. The molecule has 0 bridgehead atoms. The summed E-state index contributed by atoms with van der Waals surface area (Å²) in [5.74, 6) is -0.455. The third-order valence-corrected chi connectivity index (χ3v) is 8.38. The first-order chi connectivity index (χ1) is 14.8. The van der Waals surface area contributed by atoms with Crippen molar-refractivity contribution < 1.29 is 13.2 Å². The van der Waals surface area contributed by atoms with Crippen molar-refractivity contribution in [2.24, 2.45) is 0 Å². The second-order valence-electron chi connectivity index (χ2n) is 7.11. The zero-order valence-corrected chi connectivity index (χ0v) is 19.5. The largest absolute Gasteiger partial charge is 0.298 e. The molecule has 162 valence electrons. The molecule has 0 aliphatic carbocycles. The Kier molecular flexibility index (Phi) is 6.64. The molecule has 0 saturated carbocycles. The molecule has 0 radical (unpaired) electrons. The van der Waals surface area contributed by atoms with Crippen molar-refractivity contribution in [2.45, 2.75) is 24.2 Å². The molecule has 1 amide bonds. The topological polar surface area (TPSA) is 79.4 Å². The van der Waals surface area contributed by atoms with E-state index in [1.54, 1.807) is 12.1 Å². The first kappa shape index (κ1) is 22.2. The van der Waals surface area contributed by atoms with Crippen LogP contribution >= 0.6 is 34.5 Å². The van der Waals surface area contributed by atoms with Crippen LogP contribution in [0.2, 0.25) is 10.0 Å². The Hall–Kier alpha value is -1.97. The third kappa shape index (κ3) is 4.94. The first-order valence-corrected chi connectivity index (χ1v) is 12.7. The highest BCUT2D eigenvalue weighted by atomic mass is 35.5. The number of benzene rings is 2. The lowest BCUT2D eigenvalue weighted by Crippen LogP contribution is -2.35. The van der Waals surface area contributed by atoms with Crippen LogP contribution in [0.1, 0.15) is 29.6 Å². The summed E-state index contributed by atoms with van der Waals surface area (Å²) in [5.41, 5.74) is 1.78. The molecule has 1 N–H and O–H groups in total. The minimum absolute atomic E-state index is 0.0512. The van der Waals surface area contributed by atoms with Gasteiger partial charge in [-0.3, -0.25) is 10.1 Å². The second-order valence-corrected chi connectivity index (χ2v) is 10.7. The summed E-state index contributed by atoms with van der Waals surface area (Å²) in [5, 5.41) is 5.69. The van der Waals surface area contributed by atoms with E-state index in [1.165, 1.54) is 33.8 Å². The predicted octanol–water partition coefficient (Wildman–Crippen LogP) is 5.54. The Balaban J connectivity index is 1.54. The van der Waals surface area contributed by atoms with E-state index in [0.717, 1.165) is 24.8 Å². The number of sulfonamides is 1. The van der Waals surface area contributed by atoms with Crippen molar-refractivity contribution in [1.29, 1.82) is 0 Å². The Morgan fingerprint density at radius 2 is 1.74 bits per heavy atom. The Labute approximate surface area is 194 Å². The van der Waals surface area contributed by atoms with Crippen molar-refractivity contribution >= 4 is 55.6 Å². The normalized spacial score (nSPS) is 15.0. The smallest absolute Gasteiger partial charge is 0.257 e. The van der Waals surface area contributed by atoms with E-state index >= 15 is 0 Å². The van der Waals surface area contributed by atoms with E-state index in [4.69, 9.17) is 23.2 Å². The van der Waals surface area contributed by atoms with E-state index < -0.39 is 15.9 Å². The van der Waals surface area contributed by atoms with Crippen molar-refractivity contribution in [1.82, 2.24) is 9.29 Å². The van der Waals surface area contributed by atoms with Crippen LogP contribution in [-0.2, 0) is 10.0 Å². The van der Waals surface area contributed by atoms with Gasteiger partial charge in [-0.2, -0.15) is 4.31 Å². The molecule has 1 aliphatic rings. The number of halogens is 2. The van der Waals surface area contributed by atoms with E-state index in [-0.39, 0.29) is 15.5 Å². The highest BCUT2D eigenvalue weighted by Crippen LogP contribution is 2.29. The zero-order valence-electron chi connectivity index (χ0n) is 16.3. The Bertz CT molecular complexity index is 1200. The molecule has 6 nitrogen and oxygen atoms in total. The van der Waals surface area contributed by atoms with Gasteiger partial charge in [0.05, 0.1) is 10.7 Å². The number of nitrogens with zero attached hydrogens (tertiary/aromatic N) is 2. The summed E-state index contributed by atoms with van der Waals surface area (Å²) < 4.78 is 27.5. The molecule has 1 saturated heterocycles. The van der Waals surface area contributed by atoms with Crippen LogP contribution in [0.25, 0.3) is 11.3 Å². The van der Waals surface area contributed by atoms with Crippen LogP contribution in [0.4, 0.5) is 5.13 Å². The molecule has 3 aromatic rings. The average molecular weight is 496 g/mol. The second kappa shape index (κ2) is 9.26. The quantitative estimate of drug-likeness (QED) is 0.503. The molecule has 1 fully saturated rings. The molecule has 10 heteroatoms. The Morgan fingerprint density at radius 1 is 1.03 bits per heavy atom. The number of carbonyl (C=O) groups is 1. The van der Waals surface area contributed by atoms with Crippen molar-refractivity contribution in [3.63, 3.8) is 0 Å². The lowest BCUT2D eigenvalue weighted by molar-refractivity contribution is 0.102. The van der Waals surface area contributed by atoms with E-state index in [1.807, 2.05) is 17.5 Å². The van der Waals surface area contributed by atoms with Gasteiger partial charge in [-0.05, 0) is 43.2 Å². The molecule has 1 aromatic heterocycles. The standard InChI is InChI=1S/C21H19Cl2N3O3S2/c22-16-7-4-14(5-8-16)18-13-30-21(24-18)25-20(27)15-6-9-17(23)19(12-15)31(28,29)26-10-2-1-3-11-26/h4-9,12-13H,1-3,10-11H2,(H,24,25,27). The SMILES string of the molecule is O=C(Nc1nc(-c2ccc(Cl)cc2)cs1)c1ccc(Cl)c(S(=O)(=O)N2CCCCC2)c1. The van der Waals surface area contributed by atoms with Crippen LogP contribution in [0.15, 0.2) is 52.7 Å². The molecule has 31 heavy (non-hydrogen) atoms. The maximum atomic E-state index is 13.0. The highest BCUT2D eigenvalue weighted by Gasteiger charge is 2.28. The fourth-order valence-corrected chi connectivity index (χ4v) is 6.20. The number of hydrogen-bond donors (Lipinski definition) is 1. The predicted molar refractivity (Wildman–Crippen MR) is 125 cm³/mol. The van der Waals surface area contributed by atoms with E-state index in [0.29, 0.717) is 28.9 Å². The van der Waals surface area contributed by atoms with Gasteiger partial charge in [0.25, 0.3) is 5.91 Å². The maximum absolute atomic E-state index is 13.0. The van der Waals surface area contributed by atoms with Gasteiger partial charge in [-0.25, -0.2) is 13.4 Å². The molecular weight excluding hydrogens is 477 g/mol. The summed E-state index contributed by atoms with van der Waals surface area (Å²) in [6.07, 6.45) is 2.64. The molecule has 0 spiro atoms. The maximum Gasteiger partial charge on any atom is 0.257 e. The molecule has 1 aliphatic heterocycles. The molecule has 2 aromatic carbocycles. The number of piperidine rings is 1. The van der Waals surface area contributed by atoms with Crippen LogP contribution in [0, 0.1) is 0 Å². The third-order valence-electron chi connectivity index (χ3n) is 4.99. The van der Waals surface area contributed by atoms with Crippen LogP contribution in [-0.4, -0.2) is 36.7 Å². The van der Waals surface area contributed by atoms with Crippen LogP contribution < -0.4 is 5.32 Å². The summed E-state index contributed by atoms with van der Waals surface area (Å²) in [7, 11) is -3.76. The summed E-state index contributed by atoms with van der Waals surface area (Å²) in [6.45, 7) is 0.920. The van der Waals surface area contributed by atoms with Crippen molar-refractivity contribution in [2.75, 3.05) is 18.4 Å². The summed E-state index contributed by atoms with van der Waals surface area (Å²) in [6, 6.07) is 11.5. The highest BCUT2D eigenvalue weighted by molar-refractivity contribution is 7.89. The first-order valence-electron chi connectivity index (χ1n) is 9.67. The number of aromatic nitrogens is 1. The number of amides is 1. The Morgan fingerprint density at radius 3 is 2.45 bits per heavy atom. The number of thiazole rings is 1. The molecule has 0 unspecified atom stereocenters.